The first-order valence-electron chi connectivity index (χ1n) is 4.84. The molecule has 0 aliphatic rings. The van der Waals surface area contributed by atoms with E-state index in [2.05, 4.69) is 0 Å². The Bertz CT molecular complexity index is 117. The average molecular weight is 188 g/mol. The number of ether oxygens (including phenoxy) is 2. The third-order valence-corrected chi connectivity index (χ3v) is 1.50. The first-order valence-corrected chi connectivity index (χ1v) is 4.84. The molecule has 0 aliphatic carbocycles. The molecule has 3 nitrogen and oxygen atoms in total. The molecule has 0 rings (SSSR count). The number of aliphatic hydroxyl groups excluding tert-OH is 1. The molecule has 13 heavy (non-hydrogen) atoms. The van der Waals surface area contributed by atoms with Crippen LogP contribution in [0, 0.1) is 0 Å². The second kappa shape index (κ2) is 9.71. The fraction of sp³-hybridized carbons (Fsp3) is 0.800. The minimum atomic E-state index is -0.134. The van der Waals surface area contributed by atoms with Gasteiger partial charge in [0.1, 0.15) is 0 Å². The normalized spacial score (nSPS) is 11.7. The van der Waals surface area contributed by atoms with Crippen LogP contribution in [0.1, 0.15) is 26.7 Å². The van der Waals surface area contributed by atoms with Crippen molar-refractivity contribution in [3.63, 3.8) is 0 Å². The van der Waals surface area contributed by atoms with Crippen molar-refractivity contribution < 1.29 is 14.6 Å². The molecule has 0 aromatic rings. The van der Waals surface area contributed by atoms with E-state index in [9.17, 15) is 0 Å². The van der Waals surface area contributed by atoms with Gasteiger partial charge in [0.2, 0.25) is 0 Å². The summed E-state index contributed by atoms with van der Waals surface area (Å²) >= 11 is 0. The van der Waals surface area contributed by atoms with E-state index < -0.39 is 0 Å². The topological polar surface area (TPSA) is 38.7 Å². The molecule has 1 N–H and O–H groups in total. The number of rotatable bonds is 8. The fourth-order valence-electron chi connectivity index (χ4n) is 0.956. The maximum absolute atomic E-state index is 8.52. The smallest absolute Gasteiger partial charge is 0.160 e. The highest BCUT2D eigenvalue weighted by molar-refractivity contribution is 4.82. The van der Waals surface area contributed by atoms with E-state index in [1.807, 2.05) is 26.0 Å². The third kappa shape index (κ3) is 7.96. The molecule has 0 spiro atoms. The molecule has 0 unspecified atom stereocenters. The van der Waals surface area contributed by atoms with E-state index in [0.29, 0.717) is 19.6 Å². The van der Waals surface area contributed by atoms with Crippen molar-refractivity contribution in [1.29, 1.82) is 0 Å². The highest BCUT2D eigenvalue weighted by atomic mass is 16.7. The fourth-order valence-corrected chi connectivity index (χ4v) is 0.956. The summed E-state index contributed by atoms with van der Waals surface area (Å²) in [5.41, 5.74) is 0. The molecule has 0 aliphatic heterocycles. The Labute approximate surface area is 80.4 Å². The summed E-state index contributed by atoms with van der Waals surface area (Å²) in [5.74, 6) is 0. The quantitative estimate of drug-likeness (QED) is 0.465. The summed E-state index contributed by atoms with van der Waals surface area (Å²) in [5, 5.41) is 8.52. The average Bonchev–Trinajstić information content (AvgIpc) is 2.13. The molecule has 0 aromatic carbocycles. The van der Waals surface area contributed by atoms with Gasteiger partial charge in [0.05, 0.1) is 0 Å². The Morgan fingerprint density at radius 1 is 1.15 bits per heavy atom. The maximum Gasteiger partial charge on any atom is 0.160 e. The Morgan fingerprint density at radius 2 is 1.77 bits per heavy atom. The van der Waals surface area contributed by atoms with Crippen LogP contribution < -0.4 is 0 Å². The zero-order valence-electron chi connectivity index (χ0n) is 8.53. The standard InChI is InChI=1S/C10H20O3/c1-3-12-10(13-4-2)8-6-5-7-9-11/h5-6,10-11H,3-4,7-9H2,1-2H3/b6-5+. The highest BCUT2D eigenvalue weighted by Gasteiger charge is 2.03. The van der Waals surface area contributed by atoms with Crippen molar-refractivity contribution in [2.75, 3.05) is 19.8 Å². The van der Waals surface area contributed by atoms with E-state index in [1.54, 1.807) is 0 Å². The summed E-state index contributed by atoms with van der Waals surface area (Å²) in [6.45, 7) is 5.42. The van der Waals surface area contributed by atoms with Crippen LogP contribution in [-0.4, -0.2) is 31.2 Å². The van der Waals surface area contributed by atoms with E-state index in [-0.39, 0.29) is 12.9 Å². The van der Waals surface area contributed by atoms with Crippen molar-refractivity contribution in [1.82, 2.24) is 0 Å². The molecule has 0 fully saturated rings. The predicted octanol–water partition coefficient (Wildman–Crippen LogP) is 1.71. The van der Waals surface area contributed by atoms with E-state index in [1.165, 1.54) is 0 Å². The molecule has 3 heteroatoms. The van der Waals surface area contributed by atoms with Crippen molar-refractivity contribution in [2.45, 2.75) is 33.0 Å². The van der Waals surface area contributed by atoms with Gasteiger partial charge in [-0.2, -0.15) is 0 Å². The molecule has 0 amide bonds. The van der Waals surface area contributed by atoms with Crippen molar-refractivity contribution in [2.24, 2.45) is 0 Å². The second-order valence-corrected chi connectivity index (χ2v) is 2.56. The monoisotopic (exact) mass is 188 g/mol. The van der Waals surface area contributed by atoms with Crippen LogP contribution >= 0.6 is 0 Å². The van der Waals surface area contributed by atoms with Crippen LogP contribution in [0.4, 0.5) is 0 Å². The molecule has 0 bridgehead atoms. The van der Waals surface area contributed by atoms with Crippen molar-refractivity contribution in [3.05, 3.63) is 12.2 Å². The summed E-state index contributed by atoms with van der Waals surface area (Å²) in [4.78, 5) is 0. The van der Waals surface area contributed by atoms with Gasteiger partial charge in [-0.3, -0.25) is 0 Å². The molecular weight excluding hydrogens is 168 g/mol. The number of hydrogen-bond acceptors (Lipinski definition) is 3. The Hall–Kier alpha value is -0.380. The van der Waals surface area contributed by atoms with Gasteiger partial charge in [0.25, 0.3) is 0 Å². The van der Waals surface area contributed by atoms with Crippen LogP contribution in [0.2, 0.25) is 0 Å². The lowest BCUT2D eigenvalue weighted by Gasteiger charge is -2.14. The summed E-state index contributed by atoms with van der Waals surface area (Å²) in [7, 11) is 0. The zero-order chi connectivity index (χ0) is 9.94. The SMILES string of the molecule is CCOC(C/C=C/CCO)OCC. The minimum absolute atomic E-state index is 0.134. The molecule has 78 valence electrons. The van der Waals surface area contributed by atoms with Gasteiger partial charge < -0.3 is 14.6 Å². The lowest BCUT2D eigenvalue weighted by atomic mass is 10.3. The summed E-state index contributed by atoms with van der Waals surface area (Å²) < 4.78 is 10.7. The molecule has 0 saturated carbocycles. The molecule has 0 atom stereocenters. The molecule has 0 heterocycles. The van der Waals surface area contributed by atoms with E-state index in [0.717, 1.165) is 6.42 Å². The van der Waals surface area contributed by atoms with Crippen LogP contribution in [0.3, 0.4) is 0 Å². The van der Waals surface area contributed by atoms with Crippen molar-refractivity contribution in [3.8, 4) is 0 Å². The molecule has 0 saturated heterocycles. The van der Waals surface area contributed by atoms with Crippen LogP contribution in [0.5, 0.6) is 0 Å². The van der Waals surface area contributed by atoms with E-state index in [4.69, 9.17) is 14.6 Å². The Kier molecular flexibility index (Phi) is 9.42. The molecule has 0 aromatic heterocycles. The zero-order valence-corrected chi connectivity index (χ0v) is 8.53. The highest BCUT2D eigenvalue weighted by Crippen LogP contribution is 2.02. The van der Waals surface area contributed by atoms with Gasteiger partial charge in [0, 0.05) is 26.2 Å². The van der Waals surface area contributed by atoms with Gasteiger partial charge in [-0.25, -0.2) is 0 Å². The van der Waals surface area contributed by atoms with Crippen LogP contribution in [0.25, 0.3) is 0 Å². The summed E-state index contributed by atoms with van der Waals surface area (Å²) in [6, 6.07) is 0. The Morgan fingerprint density at radius 3 is 2.23 bits per heavy atom. The third-order valence-electron chi connectivity index (χ3n) is 1.50. The van der Waals surface area contributed by atoms with Crippen LogP contribution in [-0.2, 0) is 9.47 Å². The first kappa shape index (κ1) is 12.6. The summed E-state index contributed by atoms with van der Waals surface area (Å²) in [6.07, 6.45) is 5.23. The van der Waals surface area contributed by atoms with Gasteiger partial charge in [-0.1, -0.05) is 12.2 Å². The molecule has 0 radical (unpaired) electrons. The van der Waals surface area contributed by atoms with Gasteiger partial charge >= 0.3 is 0 Å². The lowest BCUT2D eigenvalue weighted by molar-refractivity contribution is -0.133. The van der Waals surface area contributed by atoms with Gasteiger partial charge in [-0.15, -0.1) is 0 Å². The van der Waals surface area contributed by atoms with Gasteiger partial charge in [-0.05, 0) is 20.3 Å². The minimum Gasteiger partial charge on any atom is -0.396 e. The van der Waals surface area contributed by atoms with Crippen LogP contribution in [0.15, 0.2) is 12.2 Å². The van der Waals surface area contributed by atoms with E-state index >= 15 is 0 Å². The van der Waals surface area contributed by atoms with Gasteiger partial charge in [0.15, 0.2) is 6.29 Å². The maximum atomic E-state index is 8.52. The molecular formula is C10H20O3. The Balaban J connectivity index is 3.54. The lowest BCUT2D eigenvalue weighted by Crippen LogP contribution is -2.16. The first-order chi connectivity index (χ1) is 6.35. The number of hydrogen-bond donors (Lipinski definition) is 1. The predicted molar refractivity (Wildman–Crippen MR) is 52.5 cm³/mol. The number of aliphatic hydroxyl groups is 1. The second-order valence-electron chi connectivity index (χ2n) is 2.56. The largest absolute Gasteiger partial charge is 0.396 e. The van der Waals surface area contributed by atoms with Crippen molar-refractivity contribution >= 4 is 0 Å².